The molecular formula is C17H26N2. The van der Waals surface area contributed by atoms with Gasteiger partial charge in [-0.1, -0.05) is 24.3 Å². The van der Waals surface area contributed by atoms with Gasteiger partial charge < -0.3 is 10.2 Å². The van der Waals surface area contributed by atoms with Crippen molar-refractivity contribution < 1.29 is 0 Å². The minimum atomic E-state index is 0.740. The second-order valence-electron chi connectivity index (χ2n) is 6.36. The smallest absolute Gasteiger partial charge is 0.00203 e. The molecule has 2 unspecified atom stereocenters. The molecule has 2 aliphatic rings. The van der Waals surface area contributed by atoms with Crippen molar-refractivity contribution in [2.45, 2.75) is 31.6 Å². The van der Waals surface area contributed by atoms with E-state index in [4.69, 9.17) is 0 Å². The number of rotatable bonds is 4. The monoisotopic (exact) mass is 258 g/mol. The van der Waals surface area contributed by atoms with Crippen molar-refractivity contribution in [1.29, 1.82) is 0 Å². The molecule has 0 bridgehead atoms. The molecule has 0 aromatic heterocycles. The number of nitrogens with zero attached hydrogens (tertiary/aromatic N) is 1. The third-order valence-corrected chi connectivity index (χ3v) is 4.81. The minimum absolute atomic E-state index is 0.740. The van der Waals surface area contributed by atoms with Crippen molar-refractivity contribution in [1.82, 2.24) is 10.2 Å². The molecule has 1 N–H and O–H groups in total. The number of aryl methyl sites for hydroxylation is 1. The van der Waals surface area contributed by atoms with Gasteiger partial charge in [0.1, 0.15) is 0 Å². The topological polar surface area (TPSA) is 15.3 Å². The van der Waals surface area contributed by atoms with Crippen LogP contribution in [-0.2, 0) is 6.42 Å². The zero-order chi connectivity index (χ0) is 13.1. The summed E-state index contributed by atoms with van der Waals surface area (Å²) in [5, 5.41) is 3.73. The largest absolute Gasteiger partial charge is 0.316 e. The average molecular weight is 258 g/mol. The fourth-order valence-corrected chi connectivity index (χ4v) is 3.72. The van der Waals surface area contributed by atoms with Crippen LogP contribution < -0.4 is 5.32 Å². The first-order valence-corrected chi connectivity index (χ1v) is 7.80. The molecule has 19 heavy (non-hydrogen) atoms. The summed E-state index contributed by atoms with van der Waals surface area (Å²) >= 11 is 0. The number of benzene rings is 1. The van der Waals surface area contributed by atoms with E-state index in [-0.39, 0.29) is 0 Å². The summed E-state index contributed by atoms with van der Waals surface area (Å²) in [5.74, 6) is 1.60. The SMILES string of the molecule is CN1CCC(CNCC2CCCc3ccccc32)C1. The van der Waals surface area contributed by atoms with Gasteiger partial charge in [-0.25, -0.2) is 0 Å². The number of hydrogen-bond donors (Lipinski definition) is 1. The molecular weight excluding hydrogens is 232 g/mol. The molecule has 0 spiro atoms. The molecule has 1 aliphatic carbocycles. The van der Waals surface area contributed by atoms with Gasteiger partial charge in [0.15, 0.2) is 0 Å². The Kier molecular flexibility index (Phi) is 4.19. The molecule has 2 nitrogen and oxygen atoms in total. The summed E-state index contributed by atoms with van der Waals surface area (Å²) < 4.78 is 0. The Bertz CT molecular complexity index is 415. The second-order valence-corrected chi connectivity index (χ2v) is 6.36. The highest BCUT2D eigenvalue weighted by Crippen LogP contribution is 2.30. The second kappa shape index (κ2) is 6.06. The molecule has 0 radical (unpaired) electrons. The summed E-state index contributed by atoms with van der Waals surface area (Å²) in [4.78, 5) is 2.45. The van der Waals surface area contributed by atoms with Crippen molar-refractivity contribution >= 4 is 0 Å². The van der Waals surface area contributed by atoms with Crippen LogP contribution in [0, 0.1) is 5.92 Å². The maximum atomic E-state index is 3.73. The molecule has 104 valence electrons. The lowest BCUT2D eigenvalue weighted by molar-refractivity contribution is 0.384. The van der Waals surface area contributed by atoms with Crippen LogP contribution in [0.4, 0.5) is 0 Å². The fourth-order valence-electron chi connectivity index (χ4n) is 3.72. The number of fused-ring (bicyclic) bond motifs is 1. The van der Waals surface area contributed by atoms with Crippen LogP contribution in [0.15, 0.2) is 24.3 Å². The van der Waals surface area contributed by atoms with Crippen LogP contribution >= 0.6 is 0 Å². The zero-order valence-electron chi connectivity index (χ0n) is 12.1. The predicted molar refractivity (Wildman–Crippen MR) is 80.6 cm³/mol. The lowest BCUT2D eigenvalue weighted by Crippen LogP contribution is -2.30. The van der Waals surface area contributed by atoms with Crippen LogP contribution in [-0.4, -0.2) is 38.1 Å². The van der Waals surface area contributed by atoms with Crippen LogP contribution in [0.2, 0.25) is 0 Å². The summed E-state index contributed by atoms with van der Waals surface area (Å²) in [6.07, 6.45) is 5.36. The van der Waals surface area contributed by atoms with Gasteiger partial charge in [-0.2, -0.15) is 0 Å². The van der Waals surface area contributed by atoms with Gasteiger partial charge in [0.05, 0.1) is 0 Å². The Balaban J connectivity index is 1.51. The van der Waals surface area contributed by atoms with Crippen molar-refractivity contribution in [2.24, 2.45) is 5.92 Å². The third kappa shape index (κ3) is 3.18. The van der Waals surface area contributed by atoms with Crippen molar-refractivity contribution in [2.75, 3.05) is 33.2 Å². The Hall–Kier alpha value is -0.860. The van der Waals surface area contributed by atoms with Crippen molar-refractivity contribution in [3.05, 3.63) is 35.4 Å². The van der Waals surface area contributed by atoms with Gasteiger partial charge in [0, 0.05) is 13.1 Å². The van der Waals surface area contributed by atoms with Crippen molar-refractivity contribution in [3.8, 4) is 0 Å². The highest BCUT2D eigenvalue weighted by Gasteiger charge is 2.21. The lowest BCUT2D eigenvalue weighted by Gasteiger charge is -2.26. The first-order chi connectivity index (χ1) is 9.33. The van der Waals surface area contributed by atoms with Gasteiger partial charge in [-0.15, -0.1) is 0 Å². The number of likely N-dealkylation sites (tertiary alicyclic amines) is 1. The van der Waals surface area contributed by atoms with Gasteiger partial charge in [0.2, 0.25) is 0 Å². The maximum Gasteiger partial charge on any atom is 0.00203 e. The van der Waals surface area contributed by atoms with Gasteiger partial charge >= 0.3 is 0 Å². The summed E-state index contributed by atoms with van der Waals surface area (Å²) in [6.45, 7) is 4.91. The van der Waals surface area contributed by atoms with E-state index >= 15 is 0 Å². The molecule has 1 aromatic rings. The van der Waals surface area contributed by atoms with Gasteiger partial charge in [-0.3, -0.25) is 0 Å². The molecule has 0 saturated carbocycles. The molecule has 1 aromatic carbocycles. The standard InChI is InChI=1S/C17H26N2/c1-19-10-9-14(13-19)11-18-12-16-7-4-6-15-5-2-3-8-17(15)16/h2-3,5,8,14,16,18H,4,6-7,9-13H2,1H3. The first-order valence-electron chi connectivity index (χ1n) is 7.80. The van der Waals surface area contributed by atoms with E-state index in [1.807, 2.05) is 0 Å². The Morgan fingerprint density at radius 1 is 1.21 bits per heavy atom. The zero-order valence-corrected chi connectivity index (χ0v) is 12.1. The van der Waals surface area contributed by atoms with E-state index in [2.05, 4.69) is 41.5 Å². The van der Waals surface area contributed by atoms with Crippen molar-refractivity contribution in [3.63, 3.8) is 0 Å². The Morgan fingerprint density at radius 3 is 2.95 bits per heavy atom. The summed E-state index contributed by atoms with van der Waals surface area (Å²) in [7, 11) is 2.23. The Morgan fingerprint density at radius 2 is 2.11 bits per heavy atom. The van der Waals surface area contributed by atoms with E-state index in [1.165, 1.54) is 45.3 Å². The van der Waals surface area contributed by atoms with E-state index < -0.39 is 0 Å². The fraction of sp³-hybridized carbons (Fsp3) is 0.647. The molecule has 2 atom stereocenters. The molecule has 2 heteroatoms. The van der Waals surface area contributed by atoms with Crippen LogP contribution in [0.3, 0.4) is 0 Å². The van der Waals surface area contributed by atoms with E-state index in [9.17, 15) is 0 Å². The number of hydrogen-bond acceptors (Lipinski definition) is 2. The highest BCUT2D eigenvalue weighted by atomic mass is 15.1. The molecule has 1 heterocycles. The molecule has 1 aliphatic heterocycles. The van der Waals surface area contributed by atoms with Gasteiger partial charge in [0.25, 0.3) is 0 Å². The molecule has 1 fully saturated rings. The third-order valence-electron chi connectivity index (χ3n) is 4.81. The highest BCUT2D eigenvalue weighted by molar-refractivity contribution is 5.32. The normalized spacial score (nSPS) is 27.4. The first kappa shape index (κ1) is 13.1. The minimum Gasteiger partial charge on any atom is -0.316 e. The van der Waals surface area contributed by atoms with Crippen LogP contribution in [0.25, 0.3) is 0 Å². The molecule has 1 saturated heterocycles. The summed E-state index contributed by atoms with van der Waals surface area (Å²) in [6, 6.07) is 9.03. The van der Waals surface area contributed by atoms with Gasteiger partial charge in [-0.05, 0) is 68.8 Å². The van der Waals surface area contributed by atoms with Crippen LogP contribution in [0.5, 0.6) is 0 Å². The molecule has 3 rings (SSSR count). The van der Waals surface area contributed by atoms with E-state index in [0.29, 0.717) is 0 Å². The number of nitrogens with one attached hydrogen (secondary N) is 1. The Labute approximate surface area is 117 Å². The van der Waals surface area contributed by atoms with Crippen LogP contribution in [0.1, 0.15) is 36.3 Å². The molecule has 0 amide bonds. The maximum absolute atomic E-state index is 3.73. The van der Waals surface area contributed by atoms with E-state index in [0.717, 1.165) is 18.4 Å². The quantitative estimate of drug-likeness (QED) is 0.893. The predicted octanol–water partition coefficient (Wildman–Crippen LogP) is 2.65. The van der Waals surface area contributed by atoms with E-state index in [1.54, 1.807) is 11.1 Å². The average Bonchev–Trinajstić information content (AvgIpc) is 2.85. The summed E-state index contributed by atoms with van der Waals surface area (Å²) in [5.41, 5.74) is 3.19. The lowest BCUT2D eigenvalue weighted by atomic mass is 9.83.